The number of alkyl carbamates (subject to hydrolysis) is 1. The number of ether oxygens (including phenoxy) is 2. The van der Waals surface area contributed by atoms with Crippen LogP contribution >= 0.6 is 0 Å². The molecule has 1 saturated carbocycles. The molecule has 2 fully saturated rings. The predicted molar refractivity (Wildman–Crippen MR) is 111 cm³/mol. The predicted octanol–water partition coefficient (Wildman–Crippen LogP) is 3.26. The fourth-order valence-electron chi connectivity index (χ4n) is 3.88. The Kier molecular flexibility index (Phi) is 6.32. The van der Waals surface area contributed by atoms with E-state index in [4.69, 9.17) is 9.47 Å². The molecule has 0 radical (unpaired) electrons. The Morgan fingerprint density at radius 1 is 1.23 bits per heavy atom. The van der Waals surface area contributed by atoms with Crippen molar-refractivity contribution in [3.8, 4) is 0 Å². The SMILES string of the molecule is Cc1ccccc1CNC(=O)OC1CC(c2cc(NC(=O)C3CCOCC3)n[nH]2)C1. The van der Waals surface area contributed by atoms with Crippen LogP contribution in [0.3, 0.4) is 0 Å². The number of rotatable bonds is 6. The highest BCUT2D eigenvalue weighted by atomic mass is 16.6. The van der Waals surface area contributed by atoms with Gasteiger partial charge in [-0.1, -0.05) is 24.3 Å². The molecular formula is C22H28N4O4. The molecule has 0 unspecified atom stereocenters. The molecule has 0 spiro atoms. The summed E-state index contributed by atoms with van der Waals surface area (Å²) in [6.07, 6.45) is 2.49. The minimum atomic E-state index is -0.393. The van der Waals surface area contributed by atoms with Crippen molar-refractivity contribution in [2.45, 2.75) is 51.2 Å². The van der Waals surface area contributed by atoms with Gasteiger partial charge in [-0.05, 0) is 43.7 Å². The van der Waals surface area contributed by atoms with Crippen LogP contribution in [0.25, 0.3) is 0 Å². The van der Waals surface area contributed by atoms with Crippen molar-refractivity contribution in [2.24, 2.45) is 5.92 Å². The topological polar surface area (TPSA) is 105 Å². The number of amides is 2. The summed E-state index contributed by atoms with van der Waals surface area (Å²) in [6.45, 7) is 3.74. The number of nitrogens with zero attached hydrogens (tertiary/aromatic N) is 1. The maximum atomic E-state index is 12.3. The van der Waals surface area contributed by atoms with Gasteiger partial charge in [0.15, 0.2) is 5.82 Å². The molecule has 1 aromatic heterocycles. The molecule has 2 aromatic rings. The third-order valence-electron chi connectivity index (χ3n) is 5.93. The van der Waals surface area contributed by atoms with E-state index in [0.29, 0.717) is 25.6 Å². The van der Waals surface area contributed by atoms with Gasteiger partial charge in [0, 0.05) is 43.4 Å². The Bertz CT molecular complexity index is 885. The number of aryl methyl sites for hydroxylation is 1. The largest absolute Gasteiger partial charge is 0.446 e. The van der Waals surface area contributed by atoms with Crippen LogP contribution in [0.1, 0.15) is 48.4 Å². The molecule has 0 atom stereocenters. The smallest absolute Gasteiger partial charge is 0.407 e. The summed E-state index contributed by atoms with van der Waals surface area (Å²) in [5, 5.41) is 12.9. The first-order valence-corrected chi connectivity index (χ1v) is 10.5. The molecule has 8 nitrogen and oxygen atoms in total. The van der Waals surface area contributed by atoms with Crippen molar-refractivity contribution in [3.05, 3.63) is 47.2 Å². The Morgan fingerprint density at radius 2 is 2.00 bits per heavy atom. The highest BCUT2D eigenvalue weighted by Crippen LogP contribution is 2.38. The Morgan fingerprint density at radius 3 is 2.77 bits per heavy atom. The summed E-state index contributed by atoms with van der Waals surface area (Å²) in [6, 6.07) is 9.81. The van der Waals surface area contributed by atoms with Crippen molar-refractivity contribution in [1.29, 1.82) is 0 Å². The Balaban J connectivity index is 1.19. The lowest BCUT2D eigenvalue weighted by Gasteiger charge is -2.33. The van der Waals surface area contributed by atoms with Crippen molar-refractivity contribution in [2.75, 3.05) is 18.5 Å². The highest BCUT2D eigenvalue weighted by molar-refractivity contribution is 5.91. The zero-order chi connectivity index (χ0) is 20.9. The number of hydrogen-bond donors (Lipinski definition) is 3. The molecule has 30 heavy (non-hydrogen) atoms. The molecule has 2 heterocycles. The van der Waals surface area contributed by atoms with Gasteiger partial charge >= 0.3 is 6.09 Å². The van der Waals surface area contributed by atoms with Crippen LogP contribution in [0.5, 0.6) is 0 Å². The third kappa shape index (κ3) is 4.99. The number of H-pyrrole nitrogens is 1. The number of aromatic nitrogens is 2. The number of hydrogen-bond acceptors (Lipinski definition) is 5. The Hall–Kier alpha value is -2.87. The fraction of sp³-hybridized carbons (Fsp3) is 0.500. The zero-order valence-corrected chi connectivity index (χ0v) is 17.1. The second-order valence-corrected chi connectivity index (χ2v) is 8.06. The monoisotopic (exact) mass is 412 g/mol. The second kappa shape index (κ2) is 9.30. The van der Waals surface area contributed by atoms with Gasteiger partial charge in [0.25, 0.3) is 0 Å². The van der Waals surface area contributed by atoms with E-state index in [0.717, 1.165) is 42.5 Å². The minimum Gasteiger partial charge on any atom is -0.446 e. The van der Waals surface area contributed by atoms with Crippen molar-refractivity contribution >= 4 is 17.8 Å². The summed E-state index contributed by atoms with van der Waals surface area (Å²) < 4.78 is 10.8. The maximum Gasteiger partial charge on any atom is 0.407 e. The molecule has 4 rings (SSSR count). The summed E-state index contributed by atoms with van der Waals surface area (Å²) in [4.78, 5) is 24.3. The molecule has 2 amide bonds. The average Bonchev–Trinajstić information content (AvgIpc) is 3.18. The summed E-state index contributed by atoms with van der Waals surface area (Å²) in [5.41, 5.74) is 3.17. The number of carbonyl (C=O) groups excluding carboxylic acids is 2. The molecule has 2 aliphatic rings. The van der Waals surface area contributed by atoms with Crippen LogP contribution < -0.4 is 10.6 Å². The first-order valence-electron chi connectivity index (χ1n) is 10.5. The summed E-state index contributed by atoms with van der Waals surface area (Å²) >= 11 is 0. The number of benzene rings is 1. The number of anilines is 1. The zero-order valence-electron chi connectivity index (χ0n) is 17.1. The van der Waals surface area contributed by atoms with Crippen LogP contribution in [0.4, 0.5) is 10.6 Å². The quantitative estimate of drug-likeness (QED) is 0.675. The molecule has 1 aliphatic heterocycles. The van der Waals surface area contributed by atoms with Crippen LogP contribution in [0.15, 0.2) is 30.3 Å². The van der Waals surface area contributed by atoms with Gasteiger partial charge in [0.1, 0.15) is 6.10 Å². The molecule has 160 valence electrons. The van der Waals surface area contributed by atoms with Gasteiger partial charge < -0.3 is 20.1 Å². The van der Waals surface area contributed by atoms with E-state index in [2.05, 4.69) is 20.8 Å². The van der Waals surface area contributed by atoms with Crippen molar-refractivity contribution in [3.63, 3.8) is 0 Å². The van der Waals surface area contributed by atoms with Crippen molar-refractivity contribution in [1.82, 2.24) is 15.5 Å². The van der Waals surface area contributed by atoms with Gasteiger partial charge in [0.2, 0.25) is 5.91 Å². The molecule has 1 aromatic carbocycles. The molecule has 8 heteroatoms. The molecule has 0 bridgehead atoms. The van der Waals surface area contributed by atoms with E-state index in [1.165, 1.54) is 0 Å². The van der Waals surface area contributed by atoms with E-state index >= 15 is 0 Å². The van der Waals surface area contributed by atoms with Gasteiger partial charge in [0.05, 0.1) is 0 Å². The van der Waals surface area contributed by atoms with Crippen molar-refractivity contribution < 1.29 is 19.1 Å². The fourth-order valence-corrected chi connectivity index (χ4v) is 3.88. The molecule has 1 saturated heterocycles. The van der Waals surface area contributed by atoms with E-state index in [1.54, 1.807) is 0 Å². The molecule has 1 aliphatic carbocycles. The van der Waals surface area contributed by atoms with E-state index in [1.807, 2.05) is 37.3 Å². The van der Waals surface area contributed by atoms with E-state index in [9.17, 15) is 9.59 Å². The molecule has 3 N–H and O–H groups in total. The molecular weight excluding hydrogens is 384 g/mol. The number of carbonyl (C=O) groups is 2. The third-order valence-corrected chi connectivity index (χ3v) is 5.93. The van der Waals surface area contributed by atoms with Gasteiger partial charge in [-0.25, -0.2) is 4.79 Å². The number of nitrogens with one attached hydrogen (secondary N) is 3. The standard InChI is InChI=1S/C22H28N4O4/c1-14-4-2-3-5-16(14)13-23-22(28)30-18-10-17(11-18)19-12-20(26-25-19)24-21(27)15-6-8-29-9-7-15/h2-5,12,15,17-18H,6-11,13H2,1H3,(H,23,28)(H2,24,25,26,27). The highest BCUT2D eigenvalue weighted by Gasteiger charge is 2.34. The van der Waals surface area contributed by atoms with Crippen LogP contribution in [0.2, 0.25) is 0 Å². The second-order valence-electron chi connectivity index (χ2n) is 8.06. The summed E-state index contributed by atoms with van der Waals surface area (Å²) in [7, 11) is 0. The van der Waals surface area contributed by atoms with Gasteiger partial charge in [-0.2, -0.15) is 5.10 Å². The lowest BCUT2D eigenvalue weighted by Crippen LogP contribution is -2.36. The first kappa shape index (κ1) is 20.4. The maximum absolute atomic E-state index is 12.3. The Labute approximate surface area is 175 Å². The van der Waals surface area contributed by atoms with Gasteiger partial charge in [-0.15, -0.1) is 0 Å². The lowest BCUT2D eigenvalue weighted by molar-refractivity contribution is -0.122. The van der Waals surface area contributed by atoms with Crippen LogP contribution in [0, 0.1) is 12.8 Å². The average molecular weight is 412 g/mol. The van der Waals surface area contributed by atoms with Gasteiger partial charge in [-0.3, -0.25) is 9.89 Å². The normalized spacial score (nSPS) is 21.5. The first-order chi connectivity index (χ1) is 14.6. The summed E-state index contributed by atoms with van der Waals surface area (Å²) in [5.74, 6) is 0.775. The lowest BCUT2D eigenvalue weighted by atomic mass is 9.80. The van der Waals surface area contributed by atoms with Crippen LogP contribution in [-0.4, -0.2) is 41.5 Å². The minimum absolute atomic E-state index is 0.00325. The van der Waals surface area contributed by atoms with E-state index in [-0.39, 0.29) is 23.8 Å². The van der Waals surface area contributed by atoms with Crippen LogP contribution in [-0.2, 0) is 20.8 Å². The van der Waals surface area contributed by atoms with E-state index < -0.39 is 6.09 Å². The number of aromatic amines is 1.